The number of hydrogen-bond acceptors (Lipinski definition) is 4. The zero-order valence-electron chi connectivity index (χ0n) is 18.1. The van der Waals surface area contributed by atoms with E-state index in [0.29, 0.717) is 5.92 Å². The summed E-state index contributed by atoms with van der Waals surface area (Å²) >= 11 is 0. The van der Waals surface area contributed by atoms with E-state index in [1.165, 1.54) is 23.4 Å². The molecule has 0 saturated carbocycles. The van der Waals surface area contributed by atoms with Gasteiger partial charge in [-0.05, 0) is 69.0 Å². The van der Waals surface area contributed by atoms with E-state index in [9.17, 15) is 5.11 Å². The molecule has 2 aromatic carbocycles. The predicted octanol–water partition coefficient (Wildman–Crippen LogP) is 3.73. The van der Waals surface area contributed by atoms with Gasteiger partial charge in [-0.25, -0.2) is 0 Å². The van der Waals surface area contributed by atoms with Crippen molar-refractivity contribution in [2.45, 2.75) is 32.3 Å². The number of benzene rings is 2. The molecule has 0 amide bonds. The minimum absolute atomic E-state index is 0.692. The Balaban J connectivity index is 1.41. The third-order valence-electron chi connectivity index (χ3n) is 6.57. The van der Waals surface area contributed by atoms with Crippen molar-refractivity contribution in [1.29, 1.82) is 0 Å². The third kappa shape index (κ3) is 4.76. The van der Waals surface area contributed by atoms with Crippen LogP contribution < -0.4 is 9.80 Å². The van der Waals surface area contributed by atoms with Gasteiger partial charge in [-0.15, -0.1) is 0 Å². The Bertz CT molecular complexity index is 804. The molecule has 156 valence electrons. The molecule has 0 aromatic heterocycles. The maximum Gasteiger partial charge on any atom is 0.0840 e. The second-order valence-electron chi connectivity index (χ2n) is 9.33. The summed E-state index contributed by atoms with van der Waals surface area (Å²) in [4.78, 5) is 7.48. The molecule has 0 spiro atoms. The van der Waals surface area contributed by atoms with Gasteiger partial charge in [-0.3, -0.25) is 0 Å². The van der Waals surface area contributed by atoms with Crippen molar-refractivity contribution in [1.82, 2.24) is 4.90 Å². The van der Waals surface area contributed by atoms with Crippen LogP contribution in [0.15, 0.2) is 48.5 Å². The monoisotopic (exact) mass is 393 g/mol. The van der Waals surface area contributed by atoms with Crippen LogP contribution in [0.1, 0.15) is 31.4 Å². The second-order valence-corrected chi connectivity index (χ2v) is 9.33. The average Bonchev–Trinajstić information content (AvgIpc) is 3.17. The molecule has 2 heterocycles. The molecule has 2 aromatic rings. The Morgan fingerprint density at radius 2 is 1.59 bits per heavy atom. The molecule has 4 rings (SSSR count). The summed E-state index contributed by atoms with van der Waals surface area (Å²) in [6.07, 6.45) is 2.39. The van der Waals surface area contributed by atoms with Gasteiger partial charge in [0.05, 0.1) is 5.60 Å². The summed E-state index contributed by atoms with van der Waals surface area (Å²) in [6.45, 7) is 10.4. The highest BCUT2D eigenvalue weighted by atomic mass is 16.3. The minimum Gasteiger partial charge on any atom is -0.386 e. The molecule has 0 bridgehead atoms. The minimum atomic E-state index is -0.779. The Hall–Kier alpha value is -2.04. The van der Waals surface area contributed by atoms with Crippen LogP contribution in [0.2, 0.25) is 0 Å². The van der Waals surface area contributed by atoms with Crippen LogP contribution in [0.5, 0.6) is 0 Å². The van der Waals surface area contributed by atoms with Gasteiger partial charge >= 0.3 is 0 Å². The lowest BCUT2D eigenvalue weighted by Crippen LogP contribution is -2.44. The molecule has 2 aliphatic heterocycles. The standard InChI is InChI=1S/C25H35N3O/c1-25(2,29)22-8-10-23(11-9-22)28-13-12-20(19-28)18-21-6-4-5-7-24(21)27-16-14-26(3)15-17-27/h4-11,20,29H,12-19H2,1-3H3/t20-/m0/s1. The fourth-order valence-corrected chi connectivity index (χ4v) is 4.66. The first-order chi connectivity index (χ1) is 13.9. The van der Waals surface area contributed by atoms with Gasteiger partial charge in [0, 0.05) is 50.6 Å². The van der Waals surface area contributed by atoms with Crippen molar-refractivity contribution in [3.8, 4) is 0 Å². The highest BCUT2D eigenvalue weighted by Gasteiger charge is 2.25. The first-order valence-electron chi connectivity index (χ1n) is 11.0. The summed E-state index contributed by atoms with van der Waals surface area (Å²) in [6, 6.07) is 17.5. The smallest absolute Gasteiger partial charge is 0.0840 e. The van der Waals surface area contributed by atoms with Crippen molar-refractivity contribution in [2.75, 3.05) is 56.1 Å². The Kier molecular flexibility index (Phi) is 5.84. The lowest BCUT2D eigenvalue weighted by Gasteiger charge is -2.35. The molecular weight excluding hydrogens is 358 g/mol. The number of para-hydroxylation sites is 1. The maximum absolute atomic E-state index is 10.2. The molecule has 0 aliphatic carbocycles. The number of likely N-dealkylation sites (N-methyl/N-ethyl adjacent to an activating group) is 1. The van der Waals surface area contributed by atoms with E-state index in [0.717, 1.165) is 51.3 Å². The van der Waals surface area contributed by atoms with Gasteiger partial charge in [0.25, 0.3) is 0 Å². The summed E-state index contributed by atoms with van der Waals surface area (Å²) in [5.41, 5.74) is 4.40. The number of rotatable bonds is 5. The molecule has 2 saturated heterocycles. The van der Waals surface area contributed by atoms with Crippen molar-refractivity contribution in [3.05, 3.63) is 59.7 Å². The highest BCUT2D eigenvalue weighted by molar-refractivity contribution is 5.55. The largest absolute Gasteiger partial charge is 0.386 e. The third-order valence-corrected chi connectivity index (χ3v) is 6.57. The van der Waals surface area contributed by atoms with E-state index in [1.807, 2.05) is 13.8 Å². The summed E-state index contributed by atoms with van der Waals surface area (Å²) < 4.78 is 0. The fourth-order valence-electron chi connectivity index (χ4n) is 4.66. The van der Waals surface area contributed by atoms with Crippen molar-refractivity contribution < 1.29 is 5.11 Å². The van der Waals surface area contributed by atoms with Crippen LogP contribution in [-0.2, 0) is 12.0 Å². The van der Waals surface area contributed by atoms with Crippen LogP contribution in [0.3, 0.4) is 0 Å². The fraction of sp³-hybridized carbons (Fsp3) is 0.520. The predicted molar refractivity (Wildman–Crippen MR) is 122 cm³/mol. The molecule has 4 nitrogen and oxygen atoms in total. The van der Waals surface area contributed by atoms with E-state index in [1.54, 1.807) is 0 Å². The Labute approximate surface area is 175 Å². The van der Waals surface area contributed by atoms with Crippen LogP contribution in [0.25, 0.3) is 0 Å². The SMILES string of the molecule is CN1CCN(c2ccccc2C[C@@H]2CCN(c3ccc(C(C)(C)O)cc3)C2)CC1. The van der Waals surface area contributed by atoms with E-state index in [4.69, 9.17) is 0 Å². The molecule has 2 aliphatic rings. The molecule has 2 fully saturated rings. The van der Waals surface area contributed by atoms with E-state index in [2.05, 4.69) is 70.3 Å². The summed E-state index contributed by atoms with van der Waals surface area (Å²) in [5.74, 6) is 0.692. The number of hydrogen-bond donors (Lipinski definition) is 1. The van der Waals surface area contributed by atoms with Crippen LogP contribution >= 0.6 is 0 Å². The Morgan fingerprint density at radius 3 is 2.28 bits per heavy atom. The van der Waals surface area contributed by atoms with Gasteiger partial charge in [0.1, 0.15) is 0 Å². The van der Waals surface area contributed by atoms with Crippen LogP contribution in [0.4, 0.5) is 11.4 Å². The quantitative estimate of drug-likeness (QED) is 0.838. The van der Waals surface area contributed by atoms with E-state index in [-0.39, 0.29) is 0 Å². The van der Waals surface area contributed by atoms with E-state index >= 15 is 0 Å². The molecule has 4 heteroatoms. The molecule has 1 atom stereocenters. The maximum atomic E-state index is 10.2. The van der Waals surface area contributed by atoms with Gasteiger partial charge in [-0.1, -0.05) is 30.3 Å². The molecule has 1 N–H and O–H groups in total. The highest BCUT2D eigenvalue weighted by Crippen LogP contribution is 2.31. The zero-order chi connectivity index (χ0) is 20.4. The van der Waals surface area contributed by atoms with Crippen LogP contribution in [-0.4, -0.2) is 56.3 Å². The number of piperazine rings is 1. The molecule has 0 unspecified atom stereocenters. The first kappa shape index (κ1) is 20.2. The van der Waals surface area contributed by atoms with Gasteiger partial charge in [-0.2, -0.15) is 0 Å². The van der Waals surface area contributed by atoms with E-state index < -0.39 is 5.60 Å². The number of nitrogens with zero attached hydrogens (tertiary/aromatic N) is 3. The van der Waals surface area contributed by atoms with Gasteiger partial charge in [0.2, 0.25) is 0 Å². The molecular formula is C25H35N3O. The number of aliphatic hydroxyl groups is 1. The normalized spacial score (nSPS) is 21.0. The van der Waals surface area contributed by atoms with Crippen molar-refractivity contribution in [2.24, 2.45) is 5.92 Å². The summed E-state index contributed by atoms with van der Waals surface area (Å²) in [7, 11) is 2.21. The second kappa shape index (κ2) is 8.37. The molecule has 0 radical (unpaired) electrons. The van der Waals surface area contributed by atoms with Gasteiger partial charge in [0.15, 0.2) is 0 Å². The first-order valence-corrected chi connectivity index (χ1v) is 11.0. The average molecular weight is 394 g/mol. The van der Waals surface area contributed by atoms with Crippen molar-refractivity contribution in [3.63, 3.8) is 0 Å². The Morgan fingerprint density at radius 1 is 0.897 bits per heavy atom. The zero-order valence-corrected chi connectivity index (χ0v) is 18.1. The lowest BCUT2D eigenvalue weighted by molar-refractivity contribution is 0.0786. The number of anilines is 2. The topological polar surface area (TPSA) is 30.0 Å². The van der Waals surface area contributed by atoms with Gasteiger partial charge < -0.3 is 19.8 Å². The van der Waals surface area contributed by atoms with Crippen molar-refractivity contribution >= 4 is 11.4 Å². The molecule has 29 heavy (non-hydrogen) atoms. The lowest BCUT2D eigenvalue weighted by atomic mass is 9.96. The van der Waals surface area contributed by atoms with Crippen LogP contribution in [0, 0.1) is 5.92 Å². The summed E-state index contributed by atoms with van der Waals surface area (Å²) in [5, 5.41) is 10.2.